The fraction of sp³-hybridized carbons (Fsp3) is 0.0323. The molecule has 6 rings (SSSR count). The van der Waals surface area contributed by atoms with Gasteiger partial charge in [0.15, 0.2) is 0 Å². The van der Waals surface area contributed by atoms with Gasteiger partial charge in [0, 0.05) is 7.05 Å². The molecule has 158 valence electrons. The topological polar surface area (TPSA) is 12.4 Å². The van der Waals surface area contributed by atoms with E-state index in [9.17, 15) is 0 Å². The minimum Gasteiger partial charge on any atom is -0.258 e. The molecule has 0 N–H and O–H groups in total. The fourth-order valence-corrected chi connectivity index (χ4v) is 9.39. The van der Waals surface area contributed by atoms with Crippen molar-refractivity contribution >= 4 is 23.4 Å². The first-order valence-electron chi connectivity index (χ1n) is 11.3. The molecule has 5 aromatic carbocycles. The van der Waals surface area contributed by atoms with Gasteiger partial charge in [-0.2, -0.15) is 0 Å². The van der Waals surface area contributed by atoms with Crippen LogP contribution in [0, 0.1) is 0 Å². The molecule has 5 aromatic rings. The van der Waals surface area contributed by atoms with Crippen LogP contribution in [0.1, 0.15) is 16.8 Å². The maximum Gasteiger partial charge on any atom is 0.0621 e. The van der Waals surface area contributed by atoms with Crippen LogP contribution in [-0.4, -0.2) is 0 Å². The number of hydrogen-bond donors (Lipinski definition) is 0. The van der Waals surface area contributed by atoms with E-state index in [2.05, 4.69) is 140 Å². The van der Waals surface area contributed by atoms with E-state index in [1.165, 1.54) is 32.9 Å². The van der Waals surface area contributed by atoms with Crippen LogP contribution < -0.4 is 10.6 Å². The maximum absolute atomic E-state index is 5.72. The van der Waals surface area contributed by atoms with Crippen LogP contribution in [0.3, 0.4) is 0 Å². The van der Waals surface area contributed by atoms with Gasteiger partial charge in [-0.25, -0.2) is 0 Å². The van der Waals surface area contributed by atoms with E-state index in [1.54, 1.807) is 0 Å². The average Bonchev–Trinajstić information content (AvgIpc) is 3.24. The highest BCUT2D eigenvalue weighted by atomic mass is 31.2. The predicted molar refractivity (Wildman–Crippen MR) is 141 cm³/mol. The molecular weight excluding hydrogens is 417 g/mol. The Hall–Kier alpha value is -3.67. The van der Waals surface area contributed by atoms with Gasteiger partial charge in [-0.1, -0.05) is 127 Å². The summed E-state index contributed by atoms with van der Waals surface area (Å²) < 4.78 is 5.72. The highest BCUT2D eigenvalue weighted by molar-refractivity contribution is 7.81. The van der Waals surface area contributed by atoms with Crippen LogP contribution in [0.4, 0.5) is 5.69 Å². The zero-order valence-corrected chi connectivity index (χ0v) is 19.1. The molecule has 1 aliphatic carbocycles. The summed E-state index contributed by atoms with van der Waals surface area (Å²) >= 11 is 0. The molecule has 0 saturated heterocycles. The Balaban J connectivity index is 1.79. The zero-order chi connectivity index (χ0) is 22.1. The van der Waals surface area contributed by atoms with E-state index in [0.717, 1.165) is 5.69 Å². The first-order chi connectivity index (χ1) is 16.4. The number of benzene rings is 5. The molecule has 0 saturated carbocycles. The average molecular weight is 442 g/mol. The van der Waals surface area contributed by atoms with Crippen molar-refractivity contribution < 1.29 is 0 Å². The minimum absolute atomic E-state index is 0.162. The van der Waals surface area contributed by atoms with Gasteiger partial charge >= 0.3 is 0 Å². The summed E-state index contributed by atoms with van der Waals surface area (Å²) in [5.74, 6) is 0. The zero-order valence-electron chi connectivity index (χ0n) is 18.3. The monoisotopic (exact) mass is 441 g/mol. The summed E-state index contributed by atoms with van der Waals surface area (Å²) in [6.07, 6.45) is 0. The van der Waals surface area contributed by atoms with Crippen LogP contribution in [0.2, 0.25) is 0 Å². The smallest absolute Gasteiger partial charge is 0.0621 e. The van der Waals surface area contributed by atoms with E-state index >= 15 is 0 Å². The lowest BCUT2D eigenvalue weighted by Crippen LogP contribution is -2.21. The molecule has 33 heavy (non-hydrogen) atoms. The van der Waals surface area contributed by atoms with Gasteiger partial charge in [-0.05, 0) is 45.0 Å². The van der Waals surface area contributed by atoms with Gasteiger partial charge in [0.25, 0.3) is 0 Å². The second kappa shape index (κ2) is 8.35. The van der Waals surface area contributed by atoms with Gasteiger partial charge in [0.2, 0.25) is 0 Å². The first kappa shape index (κ1) is 20.0. The van der Waals surface area contributed by atoms with Crippen LogP contribution in [0.5, 0.6) is 0 Å². The van der Waals surface area contributed by atoms with E-state index < -0.39 is 7.05 Å². The van der Waals surface area contributed by atoms with Crippen molar-refractivity contribution in [1.82, 2.24) is 0 Å². The molecule has 0 unspecified atom stereocenters. The summed E-state index contributed by atoms with van der Waals surface area (Å²) in [7, 11) is -2.31. The van der Waals surface area contributed by atoms with E-state index in [4.69, 9.17) is 4.74 Å². The molecule has 0 atom stereocenters. The van der Waals surface area contributed by atoms with Crippen molar-refractivity contribution in [2.45, 2.75) is 5.66 Å². The molecular formula is C31H24NP. The minimum atomic E-state index is -2.31. The lowest BCUT2D eigenvalue weighted by Gasteiger charge is -2.33. The third-order valence-electron chi connectivity index (χ3n) is 6.50. The third-order valence-corrected chi connectivity index (χ3v) is 10.5. The van der Waals surface area contributed by atoms with Crippen LogP contribution in [-0.2, 0) is 0 Å². The first-order valence-corrected chi connectivity index (χ1v) is 13.2. The molecule has 0 radical (unpaired) electrons. The normalized spacial score (nSPS) is 12.7. The predicted octanol–water partition coefficient (Wildman–Crippen LogP) is 7.94. The standard InChI is InChI=1S/C31H24NP/c1-4-14-24(15-5-1)32-33(25-16-6-2-7-17-25,26-18-8-3-9-19-26)31-29-22-12-10-20-27(29)28-21-11-13-23-30(28)31/h1-23,31H. The summed E-state index contributed by atoms with van der Waals surface area (Å²) in [5.41, 5.74) is 6.60. The van der Waals surface area contributed by atoms with Crippen molar-refractivity contribution in [2.24, 2.45) is 4.74 Å². The van der Waals surface area contributed by atoms with Crippen molar-refractivity contribution in [2.75, 3.05) is 0 Å². The van der Waals surface area contributed by atoms with E-state index in [-0.39, 0.29) is 5.66 Å². The third kappa shape index (κ3) is 3.28. The lowest BCUT2D eigenvalue weighted by atomic mass is 10.1. The summed E-state index contributed by atoms with van der Waals surface area (Å²) in [6.45, 7) is 0. The molecule has 1 aliphatic rings. The van der Waals surface area contributed by atoms with E-state index in [1.807, 2.05) is 0 Å². The SMILES string of the molecule is c1ccc(N=P(c2ccccc2)(c2ccccc2)C2c3ccccc3-c3ccccc32)cc1. The van der Waals surface area contributed by atoms with Crippen molar-refractivity contribution in [3.63, 3.8) is 0 Å². The van der Waals surface area contributed by atoms with Gasteiger partial charge < -0.3 is 0 Å². The largest absolute Gasteiger partial charge is 0.258 e. The lowest BCUT2D eigenvalue weighted by molar-refractivity contribution is 1.19. The molecule has 2 heteroatoms. The highest BCUT2D eigenvalue weighted by Crippen LogP contribution is 2.68. The Labute approximate surface area is 195 Å². The van der Waals surface area contributed by atoms with Crippen LogP contribution in [0.25, 0.3) is 11.1 Å². The molecule has 0 aliphatic heterocycles. The van der Waals surface area contributed by atoms with Crippen LogP contribution >= 0.6 is 7.05 Å². The number of rotatable bonds is 4. The molecule has 0 fully saturated rings. The molecule has 0 bridgehead atoms. The Morgan fingerprint density at radius 2 is 0.818 bits per heavy atom. The van der Waals surface area contributed by atoms with Crippen molar-refractivity contribution in [3.8, 4) is 11.1 Å². The van der Waals surface area contributed by atoms with Gasteiger partial charge in [-0.3, -0.25) is 4.74 Å². The number of hydrogen-bond acceptors (Lipinski definition) is 1. The Morgan fingerprint density at radius 3 is 1.30 bits per heavy atom. The maximum atomic E-state index is 5.72. The molecule has 1 nitrogen and oxygen atoms in total. The highest BCUT2D eigenvalue weighted by Gasteiger charge is 2.42. The molecule has 0 amide bonds. The summed E-state index contributed by atoms with van der Waals surface area (Å²) in [5, 5.41) is 2.60. The van der Waals surface area contributed by atoms with Gasteiger partial charge in [0.1, 0.15) is 0 Å². The van der Waals surface area contributed by atoms with Gasteiger partial charge in [-0.15, -0.1) is 0 Å². The van der Waals surface area contributed by atoms with Gasteiger partial charge in [0.05, 0.1) is 11.3 Å². The number of fused-ring (bicyclic) bond motifs is 3. The number of nitrogens with zero attached hydrogens (tertiary/aromatic N) is 1. The van der Waals surface area contributed by atoms with Crippen molar-refractivity contribution in [1.29, 1.82) is 0 Å². The molecule has 0 aromatic heterocycles. The Morgan fingerprint density at radius 1 is 0.424 bits per heavy atom. The van der Waals surface area contributed by atoms with E-state index in [0.29, 0.717) is 0 Å². The summed E-state index contributed by atoms with van der Waals surface area (Å²) in [6, 6.07) is 50.2. The van der Waals surface area contributed by atoms with Crippen LogP contribution in [0.15, 0.2) is 144 Å². The fourth-order valence-electron chi connectivity index (χ4n) is 5.14. The van der Waals surface area contributed by atoms with Crippen molar-refractivity contribution in [3.05, 3.63) is 151 Å². The second-order valence-corrected chi connectivity index (χ2v) is 11.5. The molecule has 0 spiro atoms. The quantitative estimate of drug-likeness (QED) is 0.251. The Bertz CT molecular complexity index is 1370. The molecule has 0 heterocycles. The second-order valence-electron chi connectivity index (χ2n) is 8.37. The summed E-state index contributed by atoms with van der Waals surface area (Å²) in [4.78, 5) is 0. The Kier molecular flexibility index (Phi) is 5.06.